The quantitative estimate of drug-likeness (QED) is 0.247. The molecule has 4 aromatic rings. The van der Waals surface area contributed by atoms with Crippen LogP contribution in [0.3, 0.4) is 0 Å². The second kappa shape index (κ2) is 9.21. The summed E-state index contributed by atoms with van der Waals surface area (Å²) in [5.74, 6) is 0.119. The number of benzene rings is 4. The lowest BCUT2D eigenvalue weighted by Gasteiger charge is -2.13. The van der Waals surface area contributed by atoms with Crippen LogP contribution in [0.15, 0.2) is 90.6 Å². The van der Waals surface area contributed by atoms with Crippen molar-refractivity contribution in [3.8, 4) is 5.75 Å². The van der Waals surface area contributed by atoms with Crippen LogP contribution in [0.2, 0.25) is 10.0 Å². The third kappa shape index (κ3) is 4.36. The third-order valence-electron chi connectivity index (χ3n) is 5.47. The first-order valence-corrected chi connectivity index (χ1v) is 11.3. The normalized spacial score (nSPS) is 14.6. The van der Waals surface area contributed by atoms with Gasteiger partial charge in [-0.3, -0.25) is 4.79 Å². The van der Waals surface area contributed by atoms with Crippen LogP contribution in [0.4, 0.5) is 10.5 Å². The maximum absolute atomic E-state index is 13.2. The van der Waals surface area contributed by atoms with Crippen LogP contribution in [0, 0.1) is 0 Å². The summed E-state index contributed by atoms with van der Waals surface area (Å²) in [6.07, 6.45) is 1.66. The molecule has 0 aliphatic carbocycles. The van der Waals surface area contributed by atoms with Crippen molar-refractivity contribution in [3.63, 3.8) is 0 Å². The largest absolute Gasteiger partial charge is 0.488 e. The molecule has 5 nitrogen and oxygen atoms in total. The molecule has 1 N–H and O–H groups in total. The van der Waals surface area contributed by atoms with Gasteiger partial charge in [0.1, 0.15) is 18.1 Å². The van der Waals surface area contributed by atoms with Gasteiger partial charge in [-0.15, -0.1) is 0 Å². The van der Waals surface area contributed by atoms with Crippen molar-refractivity contribution in [2.45, 2.75) is 6.61 Å². The standard InChI is InChI=1S/C27H18Cl2N2O3/c28-19-11-8-17(9-12-19)16-34-25-13-10-18-4-1-2-7-22(18)23(25)15-24-26(32)31(27(33)30-24)21-6-3-5-20(29)14-21/h1-15H,16H2,(H,30,33)/b24-15+. The first kappa shape index (κ1) is 22.0. The van der Waals surface area contributed by atoms with Gasteiger partial charge in [0.05, 0.1) is 5.69 Å². The number of anilines is 1. The Morgan fingerprint density at radius 1 is 0.853 bits per heavy atom. The highest BCUT2D eigenvalue weighted by Gasteiger charge is 2.35. The van der Waals surface area contributed by atoms with Crippen LogP contribution in [0.1, 0.15) is 11.1 Å². The number of rotatable bonds is 5. The minimum atomic E-state index is -0.539. The summed E-state index contributed by atoms with van der Waals surface area (Å²) in [5.41, 5.74) is 2.20. The number of hydrogen-bond acceptors (Lipinski definition) is 3. The molecule has 7 heteroatoms. The number of imide groups is 1. The fourth-order valence-electron chi connectivity index (χ4n) is 3.82. The Hall–Kier alpha value is -3.80. The van der Waals surface area contributed by atoms with E-state index in [1.54, 1.807) is 42.5 Å². The number of carbonyl (C=O) groups excluding carboxylic acids is 2. The van der Waals surface area contributed by atoms with Crippen molar-refractivity contribution in [3.05, 3.63) is 112 Å². The first-order valence-electron chi connectivity index (χ1n) is 10.5. The SMILES string of the molecule is O=C1N/C(=C/c2c(OCc3ccc(Cl)cc3)ccc3ccccc23)C(=O)N1c1cccc(Cl)c1. The first-order chi connectivity index (χ1) is 16.5. The number of halogens is 2. The minimum Gasteiger partial charge on any atom is -0.488 e. The summed E-state index contributed by atoms with van der Waals surface area (Å²) in [6, 6.07) is 25.1. The lowest BCUT2D eigenvalue weighted by atomic mass is 10.0. The van der Waals surface area contributed by atoms with E-state index >= 15 is 0 Å². The molecule has 5 rings (SSSR count). The van der Waals surface area contributed by atoms with Gasteiger partial charge < -0.3 is 10.1 Å². The van der Waals surface area contributed by atoms with Crippen molar-refractivity contribution in [1.82, 2.24) is 5.32 Å². The molecular formula is C27H18Cl2N2O3. The summed E-state index contributed by atoms with van der Waals surface area (Å²) >= 11 is 12.0. The van der Waals surface area contributed by atoms with Gasteiger partial charge in [0.15, 0.2) is 0 Å². The molecule has 4 aromatic carbocycles. The fourth-order valence-corrected chi connectivity index (χ4v) is 4.13. The number of carbonyl (C=O) groups is 2. The average Bonchev–Trinajstić information content (AvgIpc) is 3.12. The maximum atomic E-state index is 13.2. The zero-order valence-corrected chi connectivity index (χ0v) is 19.3. The molecule has 1 fully saturated rings. The predicted octanol–water partition coefficient (Wildman–Crippen LogP) is 6.82. The van der Waals surface area contributed by atoms with Gasteiger partial charge in [-0.1, -0.05) is 71.7 Å². The van der Waals surface area contributed by atoms with Crippen molar-refractivity contribution in [2.75, 3.05) is 4.90 Å². The number of amides is 3. The summed E-state index contributed by atoms with van der Waals surface area (Å²) in [4.78, 5) is 26.9. The molecule has 1 aliphatic rings. The zero-order valence-electron chi connectivity index (χ0n) is 17.8. The van der Waals surface area contributed by atoms with Gasteiger partial charge in [-0.25, -0.2) is 9.69 Å². The molecule has 0 aromatic heterocycles. The van der Waals surface area contributed by atoms with Crippen LogP contribution in [-0.2, 0) is 11.4 Å². The lowest BCUT2D eigenvalue weighted by Crippen LogP contribution is -2.30. The van der Waals surface area contributed by atoms with Gasteiger partial charge in [0.2, 0.25) is 0 Å². The summed E-state index contributed by atoms with van der Waals surface area (Å²) in [7, 11) is 0. The molecule has 0 spiro atoms. The van der Waals surface area contributed by atoms with E-state index in [9.17, 15) is 9.59 Å². The molecule has 0 bridgehead atoms. The van der Waals surface area contributed by atoms with Gasteiger partial charge in [0, 0.05) is 15.6 Å². The molecule has 168 valence electrons. The number of urea groups is 1. The van der Waals surface area contributed by atoms with E-state index in [2.05, 4.69) is 5.32 Å². The molecule has 34 heavy (non-hydrogen) atoms. The molecule has 1 heterocycles. The van der Waals surface area contributed by atoms with E-state index in [1.165, 1.54) is 0 Å². The lowest BCUT2D eigenvalue weighted by molar-refractivity contribution is -0.113. The number of nitrogens with one attached hydrogen (secondary N) is 1. The van der Waals surface area contributed by atoms with Crippen molar-refractivity contribution in [1.29, 1.82) is 0 Å². The monoisotopic (exact) mass is 488 g/mol. The molecule has 1 aliphatic heterocycles. The molecule has 1 saturated heterocycles. The Balaban J connectivity index is 1.53. The number of hydrogen-bond donors (Lipinski definition) is 1. The minimum absolute atomic E-state index is 0.151. The smallest absolute Gasteiger partial charge is 0.333 e. The Labute approximate surface area is 206 Å². The highest BCUT2D eigenvalue weighted by Crippen LogP contribution is 2.32. The van der Waals surface area contributed by atoms with Crippen LogP contribution in [0.25, 0.3) is 16.8 Å². The fraction of sp³-hybridized carbons (Fsp3) is 0.0370. The van der Waals surface area contributed by atoms with E-state index in [4.69, 9.17) is 27.9 Å². The maximum Gasteiger partial charge on any atom is 0.333 e. The highest BCUT2D eigenvalue weighted by molar-refractivity contribution is 6.32. The summed E-state index contributed by atoms with van der Waals surface area (Å²) in [6.45, 7) is 0.320. The van der Waals surface area contributed by atoms with E-state index in [0.717, 1.165) is 21.2 Å². The highest BCUT2D eigenvalue weighted by atomic mass is 35.5. The molecule has 0 unspecified atom stereocenters. The van der Waals surface area contributed by atoms with Crippen LogP contribution < -0.4 is 15.0 Å². The Morgan fingerprint density at radius 3 is 2.44 bits per heavy atom. The van der Waals surface area contributed by atoms with Crippen molar-refractivity contribution in [2.24, 2.45) is 0 Å². The molecule has 0 saturated carbocycles. The zero-order chi connectivity index (χ0) is 23.7. The Bertz CT molecular complexity index is 1450. The average molecular weight is 489 g/mol. The topological polar surface area (TPSA) is 58.6 Å². The van der Waals surface area contributed by atoms with Crippen molar-refractivity contribution < 1.29 is 14.3 Å². The molecule has 3 amide bonds. The van der Waals surface area contributed by atoms with Gasteiger partial charge in [-0.2, -0.15) is 0 Å². The van der Waals surface area contributed by atoms with Gasteiger partial charge in [0.25, 0.3) is 5.91 Å². The molecular weight excluding hydrogens is 471 g/mol. The van der Waals surface area contributed by atoms with E-state index in [1.807, 2.05) is 48.5 Å². The second-order valence-electron chi connectivity index (χ2n) is 7.72. The van der Waals surface area contributed by atoms with E-state index in [0.29, 0.717) is 33.7 Å². The second-order valence-corrected chi connectivity index (χ2v) is 8.60. The van der Waals surface area contributed by atoms with Crippen LogP contribution in [-0.4, -0.2) is 11.9 Å². The Kier molecular flexibility index (Phi) is 5.97. The summed E-state index contributed by atoms with van der Waals surface area (Å²) < 4.78 is 6.13. The van der Waals surface area contributed by atoms with Gasteiger partial charge >= 0.3 is 6.03 Å². The molecule has 0 radical (unpaired) electrons. The van der Waals surface area contributed by atoms with Gasteiger partial charge in [-0.05, 0) is 58.8 Å². The predicted molar refractivity (Wildman–Crippen MR) is 135 cm³/mol. The number of nitrogens with zero attached hydrogens (tertiary/aromatic N) is 1. The van der Waals surface area contributed by atoms with Crippen molar-refractivity contribution >= 4 is 57.7 Å². The Morgan fingerprint density at radius 2 is 1.65 bits per heavy atom. The van der Waals surface area contributed by atoms with Crippen LogP contribution >= 0.6 is 23.2 Å². The third-order valence-corrected chi connectivity index (χ3v) is 5.96. The molecule has 0 atom stereocenters. The van der Waals surface area contributed by atoms with E-state index in [-0.39, 0.29) is 5.70 Å². The number of ether oxygens (including phenoxy) is 1. The number of fused-ring (bicyclic) bond motifs is 1. The van der Waals surface area contributed by atoms with Crippen LogP contribution in [0.5, 0.6) is 5.75 Å². The van der Waals surface area contributed by atoms with E-state index < -0.39 is 11.9 Å². The summed E-state index contributed by atoms with van der Waals surface area (Å²) in [5, 5.41) is 5.64.